The Morgan fingerprint density at radius 2 is 1.63 bits per heavy atom. The lowest BCUT2D eigenvalue weighted by atomic mass is 10.1. The smallest absolute Gasteiger partial charge is 0.323 e. The molecule has 0 unspecified atom stereocenters. The lowest BCUT2D eigenvalue weighted by molar-refractivity contribution is 0.0937. The summed E-state index contributed by atoms with van der Waals surface area (Å²) in [6.07, 6.45) is 2.21. The Bertz CT molecular complexity index is 864. The van der Waals surface area contributed by atoms with Crippen molar-refractivity contribution in [3.8, 4) is 5.75 Å². The van der Waals surface area contributed by atoms with E-state index in [1.807, 2.05) is 12.1 Å². The highest BCUT2D eigenvalue weighted by atomic mass is 16.5. The Morgan fingerprint density at radius 1 is 0.967 bits per heavy atom. The first-order valence-corrected chi connectivity index (χ1v) is 9.99. The van der Waals surface area contributed by atoms with E-state index in [1.165, 1.54) is 0 Å². The summed E-state index contributed by atoms with van der Waals surface area (Å²) in [5.41, 5.74) is 2.60. The normalized spacial score (nSPS) is 13.1. The van der Waals surface area contributed by atoms with E-state index in [9.17, 15) is 9.59 Å². The van der Waals surface area contributed by atoms with Crippen LogP contribution in [0.15, 0.2) is 42.5 Å². The molecule has 1 fully saturated rings. The van der Waals surface area contributed by atoms with Gasteiger partial charge < -0.3 is 30.3 Å². The van der Waals surface area contributed by atoms with Crippen LogP contribution in [0.3, 0.4) is 0 Å². The minimum atomic E-state index is -0.389. The number of nitrogens with zero attached hydrogens (tertiary/aromatic N) is 1. The summed E-state index contributed by atoms with van der Waals surface area (Å²) in [6, 6.07) is 12.1. The molecule has 0 bridgehead atoms. The molecule has 3 rings (SSSR count). The van der Waals surface area contributed by atoms with Crippen LogP contribution in [0.25, 0.3) is 0 Å². The van der Waals surface area contributed by atoms with Gasteiger partial charge in [-0.05, 0) is 55.3 Å². The first-order valence-electron chi connectivity index (χ1n) is 9.99. The fourth-order valence-corrected chi connectivity index (χ4v) is 3.36. The molecule has 30 heavy (non-hydrogen) atoms. The maximum atomic E-state index is 12.8. The van der Waals surface area contributed by atoms with Crippen LogP contribution in [0, 0.1) is 0 Å². The van der Waals surface area contributed by atoms with Crippen LogP contribution in [0.2, 0.25) is 0 Å². The number of rotatable bonds is 8. The summed E-state index contributed by atoms with van der Waals surface area (Å²) >= 11 is 0. The second-order valence-corrected chi connectivity index (χ2v) is 6.98. The van der Waals surface area contributed by atoms with Gasteiger partial charge in [-0.15, -0.1) is 0 Å². The van der Waals surface area contributed by atoms with Crippen LogP contribution in [0.4, 0.5) is 21.9 Å². The minimum Gasteiger partial charge on any atom is -0.497 e. The molecule has 0 saturated carbocycles. The Hall–Kier alpha value is -3.26. The standard InChI is InChI=1S/C22H28N4O4/c1-29-14-11-23-21(27)19-15-17(7-10-20(19)26-12-3-4-13-26)25-22(28)24-16-5-8-18(30-2)9-6-16/h5-10,15H,3-4,11-14H2,1-2H3,(H,23,27)(H2,24,25,28). The van der Waals surface area contributed by atoms with Gasteiger partial charge in [-0.25, -0.2) is 4.79 Å². The molecule has 1 saturated heterocycles. The van der Waals surface area contributed by atoms with E-state index < -0.39 is 0 Å². The molecule has 0 aliphatic carbocycles. The number of hydrogen-bond acceptors (Lipinski definition) is 5. The van der Waals surface area contributed by atoms with Crippen molar-refractivity contribution in [2.45, 2.75) is 12.8 Å². The number of carbonyl (C=O) groups excluding carboxylic acids is 2. The molecule has 2 aromatic rings. The molecule has 8 heteroatoms. The van der Waals surface area contributed by atoms with Crippen molar-refractivity contribution in [3.63, 3.8) is 0 Å². The van der Waals surface area contributed by atoms with E-state index in [-0.39, 0.29) is 11.9 Å². The van der Waals surface area contributed by atoms with E-state index in [0.717, 1.165) is 31.6 Å². The van der Waals surface area contributed by atoms with Gasteiger partial charge in [-0.3, -0.25) is 4.79 Å². The Labute approximate surface area is 176 Å². The Kier molecular flexibility index (Phi) is 7.51. The van der Waals surface area contributed by atoms with Crippen LogP contribution in [-0.2, 0) is 4.74 Å². The van der Waals surface area contributed by atoms with Crippen LogP contribution < -0.4 is 25.6 Å². The lowest BCUT2D eigenvalue weighted by Gasteiger charge is -2.22. The molecular weight excluding hydrogens is 384 g/mol. The molecule has 0 aromatic heterocycles. The third kappa shape index (κ3) is 5.64. The van der Waals surface area contributed by atoms with Crippen LogP contribution in [0.1, 0.15) is 23.2 Å². The highest BCUT2D eigenvalue weighted by Crippen LogP contribution is 2.27. The van der Waals surface area contributed by atoms with Crippen molar-refractivity contribution in [2.75, 3.05) is 56.0 Å². The third-order valence-electron chi connectivity index (χ3n) is 4.89. The molecule has 3 amide bonds. The number of methoxy groups -OCH3 is 2. The number of carbonyl (C=O) groups is 2. The molecule has 0 atom stereocenters. The fraction of sp³-hybridized carbons (Fsp3) is 0.364. The lowest BCUT2D eigenvalue weighted by Crippen LogP contribution is -2.30. The number of hydrogen-bond donors (Lipinski definition) is 3. The number of urea groups is 1. The quantitative estimate of drug-likeness (QED) is 0.579. The van der Waals surface area contributed by atoms with E-state index in [2.05, 4.69) is 20.9 Å². The molecule has 0 radical (unpaired) electrons. The Morgan fingerprint density at radius 3 is 2.30 bits per heavy atom. The van der Waals surface area contributed by atoms with Gasteiger partial charge >= 0.3 is 6.03 Å². The van der Waals surface area contributed by atoms with Crippen LogP contribution >= 0.6 is 0 Å². The predicted octanol–water partition coefficient (Wildman–Crippen LogP) is 3.32. The number of nitrogens with one attached hydrogen (secondary N) is 3. The van der Waals surface area contributed by atoms with Gasteiger partial charge in [0, 0.05) is 43.8 Å². The maximum Gasteiger partial charge on any atom is 0.323 e. The Balaban J connectivity index is 1.72. The average Bonchev–Trinajstić information content (AvgIpc) is 3.29. The van der Waals surface area contributed by atoms with Gasteiger partial charge in [0.15, 0.2) is 0 Å². The van der Waals surface area contributed by atoms with Crippen molar-refractivity contribution >= 4 is 29.0 Å². The summed E-state index contributed by atoms with van der Waals surface area (Å²) in [4.78, 5) is 27.3. The monoisotopic (exact) mass is 412 g/mol. The number of ether oxygens (including phenoxy) is 2. The fourth-order valence-electron chi connectivity index (χ4n) is 3.36. The summed E-state index contributed by atoms with van der Waals surface area (Å²) in [6.45, 7) is 2.70. The molecule has 1 aliphatic heterocycles. The van der Waals surface area contributed by atoms with E-state index in [4.69, 9.17) is 9.47 Å². The highest BCUT2D eigenvalue weighted by molar-refractivity contribution is 6.04. The van der Waals surface area contributed by atoms with Crippen molar-refractivity contribution < 1.29 is 19.1 Å². The summed E-state index contributed by atoms with van der Waals surface area (Å²) in [5.74, 6) is 0.524. The van der Waals surface area contributed by atoms with Crippen LogP contribution in [-0.4, -0.2) is 52.4 Å². The zero-order chi connectivity index (χ0) is 21.3. The highest BCUT2D eigenvalue weighted by Gasteiger charge is 2.20. The number of benzene rings is 2. The first kappa shape index (κ1) is 21.4. The molecule has 1 heterocycles. The SMILES string of the molecule is COCCNC(=O)c1cc(NC(=O)Nc2ccc(OC)cc2)ccc1N1CCCC1. The zero-order valence-electron chi connectivity index (χ0n) is 17.4. The molecule has 160 valence electrons. The zero-order valence-corrected chi connectivity index (χ0v) is 17.4. The molecule has 3 N–H and O–H groups in total. The maximum absolute atomic E-state index is 12.8. The van der Waals surface area contributed by atoms with Gasteiger partial charge in [0.1, 0.15) is 5.75 Å². The van der Waals surface area contributed by atoms with E-state index in [0.29, 0.717) is 35.8 Å². The van der Waals surface area contributed by atoms with Crippen LogP contribution in [0.5, 0.6) is 5.75 Å². The second kappa shape index (κ2) is 10.5. The number of anilines is 3. The second-order valence-electron chi connectivity index (χ2n) is 6.98. The van der Waals surface area contributed by atoms with E-state index in [1.54, 1.807) is 44.6 Å². The van der Waals surface area contributed by atoms with Gasteiger partial charge in [-0.1, -0.05) is 0 Å². The first-order chi connectivity index (χ1) is 14.6. The third-order valence-corrected chi connectivity index (χ3v) is 4.89. The van der Waals surface area contributed by atoms with Gasteiger partial charge in [0.2, 0.25) is 0 Å². The summed E-state index contributed by atoms with van der Waals surface area (Å²) in [7, 11) is 3.18. The summed E-state index contributed by atoms with van der Waals surface area (Å²) in [5, 5.41) is 8.43. The predicted molar refractivity (Wildman–Crippen MR) is 118 cm³/mol. The molecular formula is C22H28N4O4. The minimum absolute atomic E-state index is 0.187. The largest absolute Gasteiger partial charge is 0.497 e. The van der Waals surface area contributed by atoms with Crippen molar-refractivity contribution in [3.05, 3.63) is 48.0 Å². The van der Waals surface area contributed by atoms with Crippen molar-refractivity contribution in [1.82, 2.24) is 5.32 Å². The molecule has 0 spiro atoms. The number of amides is 3. The molecule has 2 aromatic carbocycles. The van der Waals surface area contributed by atoms with Crippen molar-refractivity contribution in [2.24, 2.45) is 0 Å². The van der Waals surface area contributed by atoms with Gasteiger partial charge in [0.05, 0.1) is 19.3 Å². The van der Waals surface area contributed by atoms with Crippen molar-refractivity contribution in [1.29, 1.82) is 0 Å². The van der Waals surface area contributed by atoms with E-state index >= 15 is 0 Å². The topological polar surface area (TPSA) is 91.9 Å². The van der Waals surface area contributed by atoms with Gasteiger partial charge in [0.25, 0.3) is 5.91 Å². The summed E-state index contributed by atoms with van der Waals surface area (Å²) < 4.78 is 10.1. The molecule has 8 nitrogen and oxygen atoms in total. The average molecular weight is 412 g/mol. The van der Waals surface area contributed by atoms with Gasteiger partial charge in [-0.2, -0.15) is 0 Å². The molecule has 1 aliphatic rings.